The summed E-state index contributed by atoms with van der Waals surface area (Å²) in [6, 6.07) is 8.05. The number of halogens is 5. The van der Waals surface area contributed by atoms with Crippen LogP contribution in [-0.4, -0.2) is 28.6 Å². The van der Waals surface area contributed by atoms with Crippen molar-refractivity contribution in [1.82, 2.24) is 0 Å². The van der Waals surface area contributed by atoms with E-state index in [2.05, 4.69) is 12.1 Å². The molecule has 0 bridgehead atoms. The van der Waals surface area contributed by atoms with Gasteiger partial charge in [-0.3, -0.25) is 4.79 Å². The van der Waals surface area contributed by atoms with Gasteiger partial charge in [0.25, 0.3) is 0 Å². The Hall–Kier alpha value is -2.02. The predicted molar refractivity (Wildman–Crippen MR) is 125 cm³/mol. The fourth-order valence-corrected chi connectivity index (χ4v) is 8.16. The van der Waals surface area contributed by atoms with Gasteiger partial charge in [-0.15, -0.1) is 0 Å². The van der Waals surface area contributed by atoms with Gasteiger partial charge in [0.2, 0.25) is 0 Å². The Morgan fingerprint density at radius 2 is 1.69 bits per heavy atom. The van der Waals surface area contributed by atoms with E-state index in [0.29, 0.717) is 31.6 Å². The van der Waals surface area contributed by atoms with Crippen LogP contribution in [0.15, 0.2) is 47.1 Å². The van der Waals surface area contributed by atoms with Crippen molar-refractivity contribution in [3.05, 3.63) is 58.2 Å². The average molecular weight is 507 g/mol. The Morgan fingerprint density at radius 3 is 2.39 bits per heavy atom. The van der Waals surface area contributed by atoms with Gasteiger partial charge in [-0.1, -0.05) is 36.8 Å². The lowest BCUT2D eigenvalue weighted by Gasteiger charge is -2.56. The molecule has 6 rings (SSSR count). The van der Waals surface area contributed by atoms with Crippen LogP contribution in [0.2, 0.25) is 0 Å². The first-order valence-electron chi connectivity index (χ1n) is 13.1. The summed E-state index contributed by atoms with van der Waals surface area (Å²) in [5, 5.41) is 11.3. The van der Waals surface area contributed by atoms with Crippen molar-refractivity contribution in [3.8, 4) is 0 Å². The summed E-state index contributed by atoms with van der Waals surface area (Å²) in [6.45, 7) is 1.47. The monoisotopic (exact) mass is 506 g/mol. The van der Waals surface area contributed by atoms with Crippen molar-refractivity contribution >= 4 is 5.78 Å². The molecular formula is C29H31F5O2. The number of alkyl halides is 5. The molecule has 0 heterocycles. The molecule has 0 aromatic heterocycles. The summed E-state index contributed by atoms with van der Waals surface area (Å²) < 4.78 is 71.1. The number of hydrogen-bond donors (Lipinski definition) is 1. The molecule has 2 unspecified atom stereocenters. The minimum absolute atomic E-state index is 0.0323. The minimum atomic E-state index is -5.83. The van der Waals surface area contributed by atoms with Crippen LogP contribution in [0, 0.1) is 17.3 Å². The Morgan fingerprint density at radius 1 is 0.972 bits per heavy atom. The number of benzene rings is 1. The fourth-order valence-electron chi connectivity index (χ4n) is 8.16. The second kappa shape index (κ2) is 7.75. The third-order valence-corrected chi connectivity index (χ3v) is 10.1. The molecule has 1 aromatic carbocycles. The van der Waals surface area contributed by atoms with Crippen LogP contribution in [0.1, 0.15) is 87.7 Å². The van der Waals surface area contributed by atoms with Crippen molar-refractivity contribution < 1.29 is 31.9 Å². The highest BCUT2D eigenvalue weighted by Crippen LogP contribution is 2.70. The third-order valence-electron chi connectivity index (χ3n) is 10.1. The molecule has 7 heteroatoms. The van der Waals surface area contributed by atoms with Crippen molar-refractivity contribution in [1.29, 1.82) is 0 Å². The van der Waals surface area contributed by atoms with Crippen molar-refractivity contribution in [2.75, 3.05) is 0 Å². The van der Waals surface area contributed by atoms with E-state index < -0.39 is 35.5 Å². The van der Waals surface area contributed by atoms with Gasteiger partial charge >= 0.3 is 12.1 Å². The van der Waals surface area contributed by atoms with E-state index in [1.165, 1.54) is 12.5 Å². The maximum absolute atomic E-state index is 15.0. The Labute approximate surface area is 207 Å². The molecule has 5 atom stereocenters. The zero-order valence-corrected chi connectivity index (χ0v) is 20.3. The smallest absolute Gasteiger partial charge is 0.383 e. The summed E-state index contributed by atoms with van der Waals surface area (Å²) >= 11 is 0. The number of carbonyl (C=O) groups is 1. The van der Waals surface area contributed by atoms with Crippen LogP contribution in [0.5, 0.6) is 0 Å². The lowest BCUT2D eigenvalue weighted by Crippen LogP contribution is -2.65. The largest absolute Gasteiger partial charge is 0.456 e. The molecule has 0 aliphatic heterocycles. The number of allylic oxidation sites excluding steroid dienone is 4. The molecule has 2 nitrogen and oxygen atoms in total. The fraction of sp³-hybridized carbons (Fsp3) is 0.621. The molecule has 1 N–H and O–H groups in total. The molecule has 0 spiro atoms. The number of carbonyl (C=O) groups excluding carboxylic acids is 1. The lowest BCUT2D eigenvalue weighted by molar-refractivity contribution is -0.362. The summed E-state index contributed by atoms with van der Waals surface area (Å²) in [5.41, 5.74) is 0.557. The standard InChI is InChI=1S/C29H31F5O2/c1-26-15-23(18-4-2-3-17(13-18)16-5-6-16)25-21-10-8-20(35)14-19(21)7-9-22(25)24(26)11-12-27(26,36)28(30,31)29(32,33)34/h2-4,13-14,16,22-24,36H,5-12,15H2,1H3/t22?,23-,24?,26+,27+/m1/s1. The highest BCUT2D eigenvalue weighted by Gasteiger charge is 2.79. The van der Waals surface area contributed by atoms with Crippen LogP contribution in [-0.2, 0) is 4.79 Å². The molecule has 36 heavy (non-hydrogen) atoms. The second-order valence-corrected chi connectivity index (χ2v) is 11.9. The van der Waals surface area contributed by atoms with E-state index in [9.17, 15) is 23.1 Å². The summed E-state index contributed by atoms with van der Waals surface area (Å²) in [6.07, 6.45) is -0.150. The minimum Gasteiger partial charge on any atom is -0.383 e. The molecule has 3 fully saturated rings. The molecule has 3 saturated carbocycles. The van der Waals surface area contributed by atoms with E-state index in [1.54, 1.807) is 6.08 Å². The average Bonchev–Trinajstić information content (AvgIpc) is 3.63. The number of rotatable bonds is 3. The summed E-state index contributed by atoms with van der Waals surface area (Å²) in [4.78, 5) is 12.2. The van der Waals surface area contributed by atoms with Gasteiger partial charge < -0.3 is 5.11 Å². The quantitative estimate of drug-likeness (QED) is 0.434. The highest BCUT2D eigenvalue weighted by molar-refractivity contribution is 5.93. The van der Waals surface area contributed by atoms with Crippen LogP contribution in [0.4, 0.5) is 22.0 Å². The molecule has 5 aliphatic rings. The number of ketones is 1. The maximum Gasteiger partial charge on any atom is 0.456 e. The second-order valence-electron chi connectivity index (χ2n) is 11.9. The highest BCUT2D eigenvalue weighted by atomic mass is 19.4. The summed E-state index contributed by atoms with van der Waals surface area (Å²) in [5.74, 6) is -5.67. The van der Waals surface area contributed by atoms with E-state index in [1.807, 2.05) is 12.1 Å². The van der Waals surface area contributed by atoms with Crippen LogP contribution in [0.25, 0.3) is 0 Å². The third kappa shape index (κ3) is 3.26. The van der Waals surface area contributed by atoms with Gasteiger partial charge in [-0.2, -0.15) is 22.0 Å². The van der Waals surface area contributed by atoms with Crippen LogP contribution in [0.3, 0.4) is 0 Å². The van der Waals surface area contributed by atoms with Gasteiger partial charge in [0, 0.05) is 17.8 Å². The van der Waals surface area contributed by atoms with Gasteiger partial charge in [0.1, 0.15) is 5.60 Å². The van der Waals surface area contributed by atoms with Crippen LogP contribution >= 0.6 is 0 Å². The summed E-state index contributed by atoms with van der Waals surface area (Å²) in [7, 11) is 0. The van der Waals surface area contributed by atoms with E-state index in [-0.39, 0.29) is 30.5 Å². The Kier molecular flexibility index (Phi) is 5.24. The zero-order valence-electron chi connectivity index (χ0n) is 20.3. The molecule has 0 saturated heterocycles. The van der Waals surface area contributed by atoms with E-state index in [0.717, 1.165) is 35.1 Å². The molecular weight excluding hydrogens is 475 g/mol. The Balaban J connectivity index is 1.52. The first-order chi connectivity index (χ1) is 16.9. The predicted octanol–water partition coefficient (Wildman–Crippen LogP) is 7.39. The molecule has 194 valence electrons. The number of hydrogen-bond acceptors (Lipinski definition) is 2. The van der Waals surface area contributed by atoms with Crippen LogP contribution < -0.4 is 0 Å². The van der Waals surface area contributed by atoms with Crippen molar-refractivity contribution in [3.63, 3.8) is 0 Å². The maximum atomic E-state index is 15.0. The Bertz CT molecular complexity index is 1180. The topological polar surface area (TPSA) is 37.3 Å². The molecule has 0 radical (unpaired) electrons. The number of fused-ring (bicyclic) bond motifs is 4. The first-order valence-corrected chi connectivity index (χ1v) is 13.1. The van der Waals surface area contributed by atoms with Gasteiger partial charge in [-0.25, -0.2) is 0 Å². The van der Waals surface area contributed by atoms with Crippen molar-refractivity contribution in [2.45, 2.75) is 94.2 Å². The van der Waals surface area contributed by atoms with Gasteiger partial charge in [0.15, 0.2) is 5.78 Å². The van der Waals surface area contributed by atoms with Gasteiger partial charge in [-0.05, 0) is 97.5 Å². The molecule has 1 aromatic rings. The molecule has 0 amide bonds. The van der Waals surface area contributed by atoms with E-state index >= 15 is 8.78 Å². The molecule has 5 aliphatic carbocycles. The zero-order chi connectivity index (χ0) is 25.7. The lowest BCUT2D eigenvalue weighted by atomic mass is 9.50. The SMILES string of the molecule is C[C@]12C[C@H](c3cccc(C4CC4)c3)C3=C4CCC(=O)C=C4CCC3C1CC[C@@]2(O)C(F)(F)C(F)(F)F. The van der Waals surface area contributed by atoms with Crippen molar-refractivity contribution in [2.24, 2.45) is 17.3 Å². The van der Waals surface area contributed by atoms with E-state index in [4.69, 9.17) is 0 Å². The normalized spacial score (nSPS) is 36.8. The number of aliphatic hydroxyl groups is 1. The van der Waals surface area contributed by atoms with Gasteiger partial charge in [0.05, 0.1) is 0 Å². The first kappa shape index (κ1) is 24.3.